The molecule has 0 radical (unpaired) electrons. The van der Waals surface area contributed by atoms with Crippen molar-refractivity contribution in [2.45, 2.75) is 70.7 Å². The molecular weight excluding hydrogens is 799 g/mol. The van der Waals surface area contributed by atoms with Crippen molar-refractivity contribution in [1.82, 2.24) is 26.2 Å². The van der Waals surface area contributed by atoms with Crippen LogP contribution in [-0.2, 0) is 43.5 Å². The first kappa shape index (κ1) is 46.8. The zero-order valence-corrected chi connectivity index (χ0v) is 35.6. The van der Waals surface area contributed by atoms with Gasteiger partial charge in [-0.2, -0.15) is 0 Å². The van der Waals surface area contributed by atoms with E-state index in [1.54, 1.807) is 0 Å². The summed E-state index contributed by atoms with van der Waals surface area (Å²) in [4.78, 5) is 66.5. The lowest BCUT2D eigenvalue weighted by atomic mass is 9.80. The van der Waals surface area contributed by atoms with Crippen LogP contribution in [0.2, 0.25) is 0 Å². The van der Waals surface area contributed by atoms with Gasteiger partial charge in [0.2, 0.25) is 23.7 Å². The Morgan fingerprint density at radius 1 is 0.746 bits per heavy atom. The number of guanidine groups is 1. The van der Waals surface area contributed by atoms with E-state index in [4.69, 9.17) is 15.2 Å². The van der Waals surface area contributed by atoms with Crippen molar-refractivity contribution in [3.8, 4) is 0 Å². The number of likely N-dealkylation sites (tertiary alicyclic amines) is 1. The molecule has 14 heteroatoms. The molecule has 2 fully saturated rings. The molecule has 0 spiro atoms. The summed E-state index contributed by atoms with van der Waals surface area (Å²) < 4.78 is 10.5. The molecule has 0 aliphatic carbocycles. The summed E-state index contributed by atoms with van der Waals surface area (Å²) in [5.74, 6) is -0.0654. The summed E-state index contributed by atoms with van der Waals surface area (Å²) >= 11 is 0. The van der Waals surface area contributed by atoms with Gasteiger partial charge < -0.3 is 25.8 Å². The number of imide groups is 1. The van der Waals surface area contributed by atoms with Gasteiger partial charge in [-0.3, -0.25) is 34.9 Å². The van der Waals surface area contributed by atoms with E-state index >= 15 is 0 Å². The van der Waals surface area contributed by atoms with Crippen LogP contribution in [0.1, 0.15) is 61.3 Å². The van der Waals surface area contributed by atoms with E-state index in [0.29, 0.717) is 25.2 Å². The number of β-lactam (4-membered cyclic amide) rings is 2. The predicted molar refractivity (Wildman–Crippen MR) is 242 cm³/mol. The summed E-state index contributed by atoms with van der Waals surface area (Å²) in [6.45, 7) is 6.14. The second-order valence-electron chi connectivity index (χ2n) is 15.2. The third kappa shape index (κ3) is 15.6. The minimum Gasteiger partial charge on any atom is -0.444 e. The number of hydrogen-bond donors (Lipinski definition) is 5. The minimum atomic E-state index is -0.768. The largest absolute Gasteiger partial charge is 0.444 e. The molecule has 63 heavy (non-hydrogen) atoms. The van der Waals surface area contributed by atoms with Crippen molar-refractivity contribution in [1.29, 1.82) is 0 Å². The van der Waals surface area contributed by atoms with E-state index in [0.717, 1.165) is 42.4 Å². The number of aliphatic imine (C=N–C) groups is 1. The average molecular weight is 856 g/mol. The molecular formula is C49H57N7O7. The van der Waals surface area contributed by atoms with Gasteiger partial charge in [-0.15, -0.1) is 0 Å². The van der Waals surface area contributed by atoms with Gasteiger partial charge in [-0.05, 0) is 60.8 Å². The maximum atomic E-state index is 12.4. The first-order valence-corrected chi connectivity index (χ1v) is 21.2. The van der Waals surface area contributed by atoms with Gasteiger partial charge in [0.25, 0.3) is 0 Å². The van der Waals surface area contributed by atoms with E-state index in [9.17, 15) is 24.0 Å². The molecule has 0 aromatic heterocycles. The van der Waals surface area contributed by atoms with Gasteiger partial charge >= 0.3 is 12.2 Å². The smallest absolute Gasteiger partial charge is 0.414 e. The Morgan fingerprint density at radius 2 is 1.27 bits per heavy atom. The monoisotopic (exact) mass is 855 g/mol. The van der Waals surface area contributed by atoms with Gasteiger partial charge in [-0.1, -0.05) is 140 Å². The van der Waals surface area contributed by atoms with Crippen molar-refractivity contribution in [2.75, 3.05) is 13.1 Å². The van der Waals surface area contributed by atoms with Gasteiger partial charge in [0.1, 0.15) is 13.2 Å². The summed E-state index contributed by atoms with van der Waals surface area (Å²) in [6, 6.07) is 38.4. The highest BCUT2D eigenvalue weighted by molar-refractivity contribution is 6.01. The average Bonchev–Trinajstić information content (AvgIpc) is 3.28. The standard InChI is InChI=1S/C31H32N4O5.C18H25N3O2/c36-28-26(27(33-28)19-18-23-11-4-1-5-12-23)17-10-20-32-29(34-30(37)39-21-24-13-6-2-7-14-24)35-31(38)40-22-25-15-8-3-9-16-25;1-13(19)20-12-6-9-16-17(21(14(2)22)18(16)23)11-10-15-7-4-3-5-8-15/h1-9,11-16,18-19,26-27H,10,17,20-22H2,(H,33,36)(H2,32,34,35,37,38);3-5,7-8,16-17,20H,1,6,9-12,19H2,2H3/t26-,27-;16-,17-/m11/s1. The van der Waals surface area contributed by atoms with Gasteiger partial charge in [-0.25, -0.2) is 9.59 Å². The second kappa shape index (κ2) is 24.9. The van der Waals surface area contributed by atoms with Crippen molar-refractivity contribution in [2.24, 2.45) is 22.6 Å². The lowest BCUT2D eigenvalue weighted by molar-refractivity contribution is -0.166. The number of nitrogens with one attached hydrogen (secondary N) is 4. The molecule has 14 nitrogen and oxygen atoms in total. The third-order valence-electron chi connectivity index (χ3n) is 10.5. The van der Waals surface area contributed by atoms with Crippen LogP contribution in [0.15, 0.2) is 145 Å². The molecule has 4 atom stereocenters. The van der Waals surface area contributed by atoms with Gasteiger partial charge in [0.15, 0.2) is 0 Å². The molecule has 2 aliphatic heterocycles. The Kier molecular flexibility index (Phi) is 18.5. The van der Waals surface area contributed by atoms with E-state index in [1.165, 1.54) is 17.4 Å². The van der Waals surface area contributed by atoms with Crippen molar-refractivity contribution >= 4 is 41.9 Å². The lowest BCUT2D eigenvalue weighted by Gasteiger charge is -2.45. The highest BCUT2D eigenvalue weighted by Gasteiger charge is 2.48. The maximum Gasteiger partial charge on any atom is 0.414 e. The topological polar surface area (TPSA) is 194 Å². The quantitative estimate of drug-likeness (QED) is 0.0318. The number of carbonyl (C=O) groups excluding carboxylic acids is 5. The molecule has 2 saturated heterocycles. The molecule has 0 saturated carbocycles. The fraction of sp³-hybridized carbons (Fsp3) is 0.306. The Hall–Kier alpha value is -7.22. The Morgan fingerprint density at radius 3 is 1.79 bits per heavy atom. The van der Waals surface area contributed by atoms with E-state index < -0.39 is 12.2 Å². The van der Waals surface area contributed by atoms with Crippen molar-refractivity contribution < 1.29 is 33.4 Å². The van der Waals surface area contributed by atoms with Crippen LogP contribution in [0.5, 0.6) is 0 Å². The van der Waals surface area contributed by atoms with E-state index in [2.05, 4.69) is 45.0 Å². The van der Waals surface area contributed by atoms with Crippen LogP contribution < -0.4 is 27.0 Å². The van der Waals surface area contributed by atoms with Crippen LogP contribution >= 0.6 is 0 Å². The number of amides is 5. The number of rotatable bonds is 18. The fourth-order valence-corrected chi connectivity index (χ4v) is 7.20. The summed E-state index contributed by atoms with van der Waals surface area (Å²) in [5.41, 5.74) is 9.39. The molecule has 2 heterocycles. The van der Waals surface area contributed by atoms with Crippen molar-refractivity contribution in [3.05, 3.63) is 162 Å². The van der Waals surface area contributed by atoms with Crippen LogP contribution in [-0.4, -0.2) is 65.9 Å². The zero-order chi connectivity index (χ0) is 44.8. The number of carbonyl (C=O) groups is 5. The number of nitrogens with two attached hydrogens (primary N) is 1. The highest BCUT2D eigenvalue weighted by atomic mass is 16.6. The van der Waals surface area contributed by atoms with Gasteiger partial charge in [0, 0.05) is 20.0 Å². The minimum absolute atomic E-state index is 0.00264. The van der Waals surface area contributed by atoms with Crippen LogP contribution in [0.4, 0.5) is 9.59 Å². The third-order valence-corrected chi connectivity index (χ3v) is 10.5. The number of aryl methyl sites for hydroxylation is 1. The number of hydrogen-bond acceptors (Lipinski definition) is 10. The van der Waals surface area contributed by atoms with Gasteiger partial charge in [0.05, 0.1) is 29.7 Å². The molecule has 0 bridgehead atoms. The first-order valence-electron chi connectivity index (χ1n) is 21.2. The first-order chi connectivity index (χ1) is 30.6. The molecule has 2 aliphatic rings. The second-order valence-corrected chi connectivity index (χ2v) is 15.2. The number of alkyl carbamates (subject to hydrolysis) is 2. The Balaban J connectivity index is 0.000000276. The van der Waals surface area contributed by atoms with Crippen molar-refractivity contribution in [3.63, 3.8) is 0 Å². The lowest BCUT2D eigenvalue weighted by Crippen LogP contribution is -2.62. The summed E-state index contributed by atoms with van der Waals surface area (Å²) in [6.07, 6.45) is 6.90. The number of ether oxygens (including phenoxy) is 2. The number of nitrogens with zero attached hydrogens (tertiary/aromatic N) is 2. The van der Waals surface area contributed by atoms with E-state index in [-0.39, 0.29) is 67.4 Å². The maximum absolute atomic E-state index is 12.4. The molecule has 330 valence electrons. The Bertz CT molecular complexity index is 2110. The van der Waals surface area contributed by atoms with Crippen LogP contribution in [0, 0.1) is 11.8 Å². The normalized spacial score (nSPS) is 17.4. The Labute approximate surface area is 369 Å². The molecule has 5 amide bonds. The van der Waals surface area contributed by atoms with Crippen LogP contribution in [0.3, 0.4) is 0 Å². The number of benzene rings is 4. The summed E-state index contributed by atoms with van der Waals surface area (Å²) in [5, 5.41) is 10.8. The van der Waals surface area contributed by atoms with Crippen LogP contribution in [0.25, 0.3) is 6.08 Å². The van der Waals surface area contributed by atoms with E-state index in [1.807, 2.05) is 121 Å². The SMILES string of the molecule is C=C(N)NCCC[C@H]1C(=O)N(C(C)=O)[C@@H]1CCc1ccccc1.O=C(NC(=NCCC[C@H]1C(=O)N[C@@H]1C=Cc1ccccc1)NC(=O)OCc1ccccc1)OCc1ccccc1. The predicted octanol–water partition coefficient (Wildman–Crippen LogP) is 6.60. The molecule has 6 rings (SSSR count). The molecule has 6 N–H and O–H groups in total. The molecule has 4 aromatic rings. The summed E-state index contributed by atoms with van der Waals surface area (Å²) in [7, 11) is 0. The molecule has 0 unspecified atom stereocenters. The highest BCUT2D eigenvalue weighted by Crippen LogP contribution is 2.34. The fourth-order valence-electron chi connectivity index (χ4n) is 7.20. The zero-order valence-electron chi connectivity index (χ0n) is 35.6. The molecule has 4 aromatic carbocycles.